The van der Waals surface area contributed by atoms with Crippen LogP contribution in [0, 0.1) is 0 Å². The predicted octanol–water partition coefficient (Wildman–Crippen LogP) is 1.94. The summed E-state index contributed by atoms with van der Waals surface area (Å²) in [5.74, 6) is 1.03. The van der Waals surface area contributed by atoms with E-state index in [4.69, 9.17) is 4.52 Å². The molecule has 0 spiro atoms. The normalized spacial score (nSPS) is 10.6. The summed E-state index contributed by atoms with van der Waals surface area (Å²) < 4.78 is 5.40. The molecule has 2 aromatic rings. The van der Waals surface area contributed by atoms with E-state index in [9.17, 15) is 0 Å². The van der Waals surface area contributed by atoms with Gasteiger partial charge in [0.2, 0.25) is 0 Å². The predicted molar refractivity (Wildman–Crippen MR) is 68.7 cm³/mol. The molecule has 0 N–H and O–H groups in total. The molecule has 0 fully saturated rings. The van der Waals surface area contributed by atoms with Crippen LogP contribution < -0.4 is 5.46 Å². The van der Waals surface area contributed by atoms with E-state index in [1.54, 1.807) is 0 Å². The molecule has 0 aliphatic rings. The lowest BCUT2D eigenvalue weighted by Gasteiger charge is -1.97. The highest BCUT2D eigenvalue weighted by atomic mass is 16.5. The van der Waals surface area contributed by atoms with Crippen LogP contribution >= 0.6 is 0 Å². The van der Waals surface area contributed by atoms with Crippen LogP contribution in [0.2, 0.25) is 0 Å². The molecule has 0 amide bonds. The standard InChI is InChI=1S/C13H16BNO/c1-2-3-9-11-12(14)13(15-16-11)10-7-5-4-6-8-10/h4-8H,2-3,9,14H2,1H3. The first kappa shape index (κ1) is 11.0. The third-order valence-electron chi connectivity index (χ3n) is 2.83. The van der Waals surface area contributed by atoms with Crippen LogP contribution in [0.15, 0.2) is 34.9 Å². The number of benzene rings is 1. The fourth-order valence-corrected chi connectivity index (χ4v) is 1.81. The Morgan fingerprint density at radius 2 is 2.00 bits per heavy atom. The molecule has 0 saturated carbocycles. The van der Waals surface area contributed by atoms with Crippen molar-refractivity contribution in [3.05, 3.63) is 36.1 Å². The first-order chi connectivity index (χ1) is 7.83. The van der Waals surface area contributed by atoms with E-state index in [1.807, 2.05) is 18.2 Å². The highest BCUT2D eigenvalue weighted by Crippen LogP contribution is 2.16. The molecule has 1 heterocycles. The molecule has 82 valence electrons. The van der Waals surface area contributed by atoms with Crippen LogP contribution in [-0.2, 0) is 6.42 Å². The molecular weight excluding hydrogens is 197 g/mol. The van der Waals surface area contributed by atoms with Crippen LogP contribution in [0.1, 0.15) is 25.5 Å². The smallest absolute Gasteiger partial charge is 0.146 e. The van der Waals surface area contributed by atoms with E-state index < -0.39 is 0 Å². The minimum Gasteiger partial charge on any atom is -0.361 e. The van der Waals surface area contributed by atoms with Crippen LogP contribution in [0.5, 0.6) is 0 Å². The second-order valence-electron chi connectivity index (χ2n) is 4.05. The number of hydrogen-bond acceptors (Lipinski definition) is 2. The van der Waals surface area contributed by atoms with Gasteiger partial charge in [-0.1, -0.05) is 48.8 Å². The topological polar surface area (TPSA) is 26.0 Å². The third-order valence-corrected chi connectivity index (χ3v) is 2.83. The fourth-order valence-electron chi connectivity index (χ4n) is 1.81. The number of hydrogen-bond donors (Lipinski definition) is 0. The summed E-state index contributed by atoms with van der Waals surface area (Å²) in [6.07, 6.45) is 3.33. The zero-order chi connectivity index (χ0) is 11.4. The van der Waals surface area contributed by atoms with Gasteiger partial charge in [0.1, 0.15) is 19.3 Å². The Bertz CT molecular complexity index is 450. The average molecular weight is 213 g/mol. The number of aromatic nitrogens is 1. The van der Waals surface area contributed by atoms with Gasteiger partial charge in [0, 0.05) is 12.0 Å². The summed E-state index contributed by atoms with van der Waals surface area (Å²) >= 11 is 0. The van der Waals surface area contributed by atoms with E-state index in [-0.39, 0.29) is 0 Å². The second kappa shape index (κ2) is 5.02. The van der Waals surface area contributed by atoms with Crippen molar-refractivity contribution >= 4 is 13.3 Å². The van der Waals surface area contributed by atoms with Crippen molar-refractivity contribution in [3.8, 4) is 11.3 Å². The fraction of sp³-hybridized carbons (Fsp3) is 0.308. The molecule has 1 aromatic carbocycles. The van der Waals surface area contributed by atoms with E-state index in [2.05, 4.69) is 32.1 Å². The molecular formula is C13H16BNO. The van der Waals surface area contributed by atoms with Gasteiger partial charge in [0.05, 0.1) is 0 Å². The van der Waals surface area contributed by atoms with Gasteiger partial charge in [0.15, 0.2) is 0 Å². The van der Waals surface area contributed by atoms with Gasteiger partial charge in [-0.15, -0.1) is 0 Å². The largest absolute Gasteiger partial charge is 0.361 e. The van der Waals surface area contributed by atoms with Gasteiger partial charge >= 0.3 is 0 Å². The summed E-state index contributed by atoms with van der Waals surface area (Å²) in [5.41, 5.74) is 3.29. The molecule has 0 atom stereocenters. The minimum atomic E-state index is 0.978. The average Bonchev–Trinajstić information content (AvgIpc) is 2.69. The number of aryl methyl sites for hydroxylation is 1. The van der Waals surface area contributed by atoms with Gasteiger partial charge in [-0.25, -0.2) is 0 Å². The lowest BCUT2D eigenvalue weighted by molar-refractivity contribution is 0.383. The molecule has 0 saturated heterocycles. The van der Waals surface area contributed by atoms with Crippen molar-refractivity contribution < 1.29 is 4.52 Å². The Balaban J connectivity index is 2.27. The molecule has 16 heavy (non-hydrogen) atoms. The second-order valence-corrected chi connectivity index (χ2v) is 4.05. The highest BCUT2D eigenvalue weighted by Gasteiger charge is 2.11. The van der Waals surface area contributed by atoms with Crippen molar-refractivity contribution in [2.45, 2.75) is 26.2 Å². The van der Waals surface area contributed by atoms with Crippen LogP contribution in [-0.4, -0.2) is 13.0 Å². The van der Waals surface area contributed by atoms with E-state index in [1.165, 1.54) is 11.9 Å². The molecule has 0 aliphatic carbocycles. The van der Waals surface area contributed by atoms with Gasteiger partial charge in [-0.05, 0) is 11.9 Å². The van der Waals surface area contributed by atoms with Crippen LogP contribution in [0.4, 0.5) is 0 Å². The molecule has 0 bridgehead atoms. The van der Waals surface area contributed by atoms with E-state index >= 15 is 0 Å². The molecule has 2 nitrogen and oxygen atoms in total. The minimum absolute atomic E-state index is 0.978. The van der Waals surface area contributed by atoms with Gasteiger partial charge < -0.3 is 4.52 Å². The third kappa shape index (κ3) is 2.18. The monoisotopic (exact) mass is 213 g/mol. The van der Waals surface area contributed by atoms with Crippen LogP contribution in [0.25, 0.3) is 11.3 Å². The van der Waals surface area contributed by atoms with Gasteiger partial charge in [-0.3, -0.25) is 0 Å². The van der Waals surface area contributed by atoms with Crippen molar-refractivity contribution in [1.82, 2.24) is 5.16 Å². The van der Waals surface area contributed by atoms with E-state index in [0.29, 0.717) is 0 Å². The lowest BCUT2D eigenvalue weighted by Crippen LogP contribution is -2.09. The quantitative estimate of drug-likeness (QED) is 0.725. The Labute approximate surface area is 97.1 Å². The molecule has 3 heteroatoms. The Morgan fingerprint density at radius 3 is 2.69 bits per heavy atom. The first-order valence-corrected chi connectivity index (χ1v) is 5.83. The Kier molecular flexibility index (Phi) is 3.45. The Morgan fingerprint density at radius 1 is 1.25 bits per heavy atom. The Hall–Kier alpha value is -1.51. The maximum atomic E-state index is 5.40. The molecule has 0 unspecified atom stereocenters. The maximum absolute atomic E-state index is 5.40. The SMILES string of the molecule is Bc1c(-c2ccccc2)noc1CCCC. The summed E-state index contributed by atoms with van der Waals surface area (Å²) in [7, 11) is 2.09. The summed E-state index contributed by atoms with van der Waals surface area (Å²) in [4.78, 5) is 0. The number of nitrogens with zero attached hydrogens (tertiary/aromatic N) is 1. The van der Waals surface area contributed by atoms with E-state index in [0.717, 1.165) is 29.9 Å². The number of unbranched alkanes of at least 4 members (excludes halogenated alkanes) is 1. The maximum Gasteiger partial charge on any atom is 0.146 e. The lowest BCUT2D eigenvalue weighted by atomic mass is 9.89. The van der Waals surface area contributed by atoms with Crippen LogP contribution in [0.3, 0.4) is 0 Å². The highest BCUT2D eigenvalue weighted by molar-refractivity contribution is 6.36. The van der Waals surface area contributed by atoms with Gasteiger partial charge in [-0.2, -0.15) is 0 Å². The van der Waals surface area contributed by atoms with Gasteiger partial charge in [0.25, 0.3) is 0 Å². The number of rotatable bonds is 4. The zero-order valence-electron chi connectivity index (χ0n) is 9.86. The molecule has 0 radical (unpaired) electrons. The summed E-state index contributed by atoms with van der Waals surface area (Å²) in [6, 6.07) is 10.2. The summed E-state index contributed by atoms with van der Waals surface area (Å²) in [5, 5.41) is 4.16. The first-order valence-electron chi connectivity index (χ1n) is 5.83. The summed E-state index contributed by atoms with van der Waals surface area (Å²) in [6.45, 7) is 2.18. The van der Waals surface area contributed by atoms with Crippen molar-refractivity contribution in [2.24, 2.45) is 0 Å². The molecule has 1 aromatic heterocycles. The van der Waals surface area contributed by atoms with Crippen molar-refractivity contribution in [3.63, 3.8) is 0 Å². The molecule has 2 rings (SSSR count). The molecule has 0 aliphatic heterocycles. The van der Waals surface area contributed by atoms with Crippen molar-refractivity contribution in [1.29, 1.82) is 0 Å². The zero-order valence-corrected chi connectivity index (χ0v) is 9.86. The van der Waals surface area contributed by atoms with Crippen molar-refractivity contribution in [2.75, 3.05) is 0 Å².